The summed E-state index contributed by atoms with van der Waals surface area (Å²) in [5, 5.41) is 22.2. The predicted octanol–water partition coefficient (Wildman–Crippen LogP) is 6.95. The first-order valence-electron chi connectivity index (χ1n) is 14.0. The predicted molar refractivity (Wildman–Crippen MR) is 138 cm³/mol. The highest BCUT2D eigenvalue weighted by atomic mass is 16.7. The SMILES string of the molecule is CC1(C)CCC[C@]2(C)[C@@H](CC/C(=C/C[C@@H](O)c3ccoc3)COC3CCCCO3)[C@](C)(O)CC[C@@H]12. The van der Waals surface area contributed by atoms with Gasteiger partial charge in [0.05, 0.1) is 30.8 Å². The van der Waals surface area contributed by atoms with Gasteiger partial charge in [0.2, 0.25) is 0 Å². The van der Waals surface area contributed by atoms with Gasteiger partial charge in [-0.25, -0.2) is 0 Å². The zero-order valence-electron chi connectivity index (χ0n) is 22.4. The van der Waals surface area contributed by atoms with E-state index in [1.807, 2.05) is 6.07 Å². The van der Waals surface area contributed by atoms with Gasteiger partial charge in [0.15, 0.2) is 6.29 Å². The van der Waals surface area contributed by atoms with E-state index >= 15 is 0 Å². The summed E-state index contributed by atoms with van der Waals surface area (Å²) in [6.07, 6.45) is 15.9. The molecule has 3 fully saturated rings. The molecular formula is C30H48O5. The van der Waals surface area contributed by atoms with Gasteiger partial charge in [0, 0.05) is 12.2 Å². The molecule has 6 atom stereocenters. The Morgan fingerprint density at radius 3 is 2.69 bits per heavy atom. The second kappa shape index (κ2) is 11.1. The summed E-state index contributed by atoms with van der Waals surface area (Å²) in [6.45, 7) is 10.7. The number of aliphatic hydroxyl groups excluding tert-OH is 1. The van der Waals surface area contributed by atoms with Gasteiger partial charge in [-0.1, -0.05) is 33.3 Å². The molecule has 5 nitrogen and oxygen atoms in total. The van der Waals surface area contributed by atoms with E-state index in [1.165, 1.54) is 24.8 Å². The number of rotatable bonds is 9. The minimum absolute atomic E-state index is 0.134. The van der Waals surface area contributed by atoms with Crippen LogP contribution in [0.3, 0.4) is 0 Å². The third-order valence-corrected chi connectivity index (χ3v) is 9.67. The van der Waals surface area contributed by atoms with Crippen molar-refractivity contribution < 1.29 is 24.1 Å². The lowest BCUT2D eigenvalue weighted by Crippen LogP contribution is -2.57. The normalized spacial score (nSPS) is 36.5. The summed E-state index contributed by atoms with van der Waals surface area (Å²) in [7, 11) is 0. The Hall–Kier alpha value is -1.14. The molecule has 5 heteroatoms. The summed E-state index contributed by atoms with van der Waals surface area (Å²) in [5.74, 6) is 0.901. The van der Waals surface area contributed by atoms with E-state index < -0.39 is 11.7 Å². The maximum atomic E-state index is 11.6. The van der Waals surface area contributed by atoms with E-state index in [9.17, 15) is 10.2 Å². The van der Waals surface area contributed by atoms with Gasteiger partial charge in [0.25, 0.3) is 0 Å². The Morgan fingerprint density at radius 1 is 1.14 bits per heavy atom. The molecule has 1 saturated heterocycles. The Kier molecular flexibility index (Phi) is 8.52. The van der Waals surface area contributed by atoms with Crippen molar-refractivity contribution in [2.45, 2.75) is 116 Å². The lowest BCUT2D eigenvalue weighted by molar-refractivity contribution is -0.170. The molecule has 2 N–H and O–H groups in total. The van der Waals surface area contributed by atoms with Crippen molar-refractivity contribution in [2.24, 2.45) is 22.7 Å². The average Bonchev–Trinajstić information content (AvgIpc) is 3.34. The van der Waals surface area contributed by atoms with Crippen LogP contribution in [0.1, 0.15) is 110 Å². The van der Waals surface area contributed by atoms with Crippen LogP contribution in [0, 0.1) is 22.7 Å². The Labute approximate surface area is 212 Å². The molecule has 2 aliphatic carbocycles. The summed E-state index contributed by atoms with van der Waals surface area (Å²) in [5.41, 5.74) is 1.83. The van der Waals surface area contributed by atoms with Crippen molar-refractivity contribution >= 4 is 0 Å². The number of ether oxygens (including phenoxy) is 2. The largest absolute Gasteiger partial charge is 0.472 e. The Balaban J connectivity index is 1.47. The molecule has 1 aromatic rings. The van der Waals surface area contributed by atoms with Gasteiger partial charge >= 0.3 is 0 Å². The van der Waals surface area contributed by atoms with Crippen LogP contribution in [0.15, 0.2) is 34.7 Å². The first-order valence-corrected chi connectivity index (χ1v) is 14.0. The van der Waals surface area contributed by atoms with Gasteiger partial charge in [-0.15, -0.1) is 0 Å². The first kappa shape index (κ1) is 26.9. The minimum Gasteiger partial charge on any atom is -0.472 e. The molecule has 1 aromatic heterocycles. The van der Waals surface area contributed by atoms with Gasteiger partial charge in [0.1, 0.15) is 0 Å². The summed E-state index contributed by atoms with van der Waals surface area (Å²) in [6, 6.07) is 1.82. The minimum atomic E-state index is -0.645. The highest BCUT2D eigenvalue weighted by molar-refractivity contribution is 5.14. The van der Waals surface area contributed by atoms with Crippen LogP contribution < -0.4 is 0 Å². The maximum absolute atomic E-state index is 11.6. The van der Waals surface area contributed by atoms with Gasteiger partial charge in [-0.3, -0.25) is 0 Å². The second-order valence-corrected chi connectivity index (χ2v) is 12.7. The Bertz CT molecular complexity index is 820. The van der Waals surface area contributed by atoms with Crippen LogP contribution in [0.4, 0.5) is 0 Å². The van der Waals surface area contributed by atoms with E-state index in [0.717, 1.165) is 57.1 Å². The average molecular weight is 489 g/mol. The molecule has 35 heavy (non-hydrogen) atoms. The third kappa shape index (κ3) is 6.23. The molecular weight excluding hydrogens is 440 g/mol. The smallest absolute Gasteiger partial charge is 0.158 e. The highest BCUT2D eigenvalue weighted by Gasteiger charge is 2.57. The van der Waals surface area contributed by atoms with Gasteiger partial charge < -0.3 is 24.1 Å². The topological polar surface area (TPSA) is 72.1 Å². The molecule has 4 rings (SSSR count). The van der Waals surface area contributed by atoms with Crippen molar-refractivity contribution in [1.82, 2.24) is 0 Å². The summed E-state index contributed by atoms with van der Waals surface area (Å²) in [4.78, 5) is 0. The van der Waals surface area contributed by atoms with E-state index in [4.69, 9.17) is 13.9 Å². The fourth-order valence-corrected chi connectivity index (χ4v) is 7.75. The molecule has 0 aromatic carbocycles. The van der Waals surface area contributed by atoms with Crippen LogP contribution in [-0.2, 0) is 9.47 Å². The number of furan rings is 1. The second-order valence-electron chi connectivity index (χ2n) is 12.7. The van der Waals surface area contributed by atoms with Crippen LogP contribution in [0.5, 0.6) is 0 Å². The molecule has 2 heterocycles. The van der Waals surface area contributed by atoms with Crippen LogP contribution >= 0.6 is 0 Å². The molecule has 1 unspecified atom stereocenters. The molecule has 0 amide bonds. The molecule has 0 spiro atoms. The van der Waals surface area contributed by atoms with Gasteiger partial charge in [-0.05, 0) is 105 Å². The fraction of sp³-hybridized carbons (Fsp3) is 0.800. The number of hydrogen-bond acceptors (Lipinski definition) is 5. The van der Waals surface area contributed by atoms with E-state index in [2.05, 4.69) is 33.8 Å². The quantitative estimate of drug-likeness (QED) is 0.368. The lowest BCUT2D eigenvalue weighted by Gasteiger charge is -2.61. The van der Waals surface area contributed by atoms with E-state index in [0.29, 0.717) is 24.4 Å². The molecule has 2 saturated carbocycles. The molecule has 198 valence electrons. The fourth-order valence-electron chi connectivity index (χ4n) is 7.75. The van der Waals surface area contributed by atoms with E-state index in [1.54, 1.807) is 12.5 Å². The van der Waals surface area contributed by atoms with Crippen LogP contribution in [-0.4, -0.2) is 35.3 Å². The highest BCUT2D eigenvalue weighted by Crippen LogP contribution is 2.63. The number of fused-ring (bicyclic) bond motifs is 1. The molecule has 1 aliphatic heterocycles. The van der Waals surface area contributed by atoms with Crippen molar-refractivity contribution in [3.63, 3.8) is 0 Å². The summed E-state index contributed by atoms with van der Waals surface area (Å²) >= 11 is 0. The zero-order chi connectivity index (χ0) is 25.1. The molecule has 3 aliphatic rings. The van der Waals surface area contributed by atoms with E-state index in [-0.39, 0.29) is 17.6 Å². The summed E-state index contributed by atoms with van der Waals surface area (Å²) < 4.78 is 17.1. The first-order chi connectivity index (χ1) is 16.6. The number of aliphatic hydroxyl groups is 2. The molecule has 0 bridgehead atoms. The van der Waals surface area contributed by atoms with Crippen molar-refractivity contribution in [2.75, 3.05) is 13.2 Å². The Morgan fingerprint density at radius 2 is 1.97 bits per heavy atom. The maximum Gasteiger partial charge on any atom is 0.158 e. The molecule has 0 radical (unpaired) electrons. The van der Waals surface area contributed by atoms with Crippen molar-refractivity contribution in [1.29, 1.82) is 0 Å². The van der Waals surface area contributed by atoms with Crippen LogP contribution in [0.25, 0.3) is 0 Å². The third-order valence-electron chi connectivity index (χ3n) is 9.67. The van der Waals surface area contributed by atoms with Crippen molar-refractivity contribution in [3.8, 4) is 0 Å². The number of hydrogen-bond donors (Lipinski definition) is 2. The van der Waals surface area contributed by atoms with Crippen molar-refractivity contribution in [3.05, 3.63) is 35.8 Å². The lowest BCUT2D eigenvalue weighted by atomic mass is 9.45. The van der Waals surface area contributed by atoms with Gasteiger partial charge in [-0.2, -0.15) is 0 Å². The monoisotopic (exact) mass is 488 g/mol. The standard InChI is InChI=1S/C30H48O5/c1-28(2)15-7-16-29(3)25(28)13-17-30(4,32)26(29)12-10-22(20-35-27-8-5-6-18-34-27)9-11-24(31)23-14-19-33-21-23/h9,14,19,21,24-27,31-32H,5-8,10-13,15-18,20H2,1-4H3/b22-9-/t24-,25+,26-,27?,29+,30-/m1/s1. The zero-order valence-corrected chi connectivity index (χ0v) is 22.4. The van der Waals surface area contributed by atoms with Crippen LogP contribution in [0.2, 0.25) is 0 Å².